The van der Waals surface area contributed by atoms with E-state index in [0.717, 1.165) is 25.2 Å². The summed E-state index contributed by atoms with van der Waals surface area (Å²) in [5.41, 5.74) is 1.29. The van der Waals surface area contributed by atoms with Crippen LogP contribution in [0.3, 0.4) is 0 Å². The van der Waals surface area contributed by atoms with Crippen LogP contribution in [0.15, 0.2) is 47.2 Å². The summed E-state index contributed by atoms with van der Waals surface area (Å²) in [6, 6.07) is 10.7. The number of thiophene rings is 1. The molecule has 0 unspecified atom stereocenters. The first-order valence-corrected chi connectivity index (χ1v) is 10.2. The van der Waals surface area contributed by atoms with Crippen molar-refractivity contribution in [3.63, 3.8) is 0 Å². The fourth-order valence-electron chi connectivity index (χ4n) is 3.01. The standard InChI is InChI=1S/C20H24N4O3S/c25-18(14-22-19(26)16-4-2-1-3-5-16)21-7-8-23-9-11-24(12-10-23)20(27)17-6-13-28-15-17/h1-6,13,15H,7-12,14H2,(H,21,25)(H,22,26). The highest BCUT2D eigenvalue weighted by Crippen LogP contribution is 2.11. The van der Waals surface area contributed by atoms with Crippen molar-refractivity contribution in [3.05, 3.63) is 58.3 Å². The molecule has 3 amide bonds. The Morgan fingerprint density at radius 1 is 0.929 bits per heavy atom. The minimum Gasteiger partial charge on any atom is -0.353 e. The molecule has 0 atom stereocenters. The third-order valence-corrected chi connectivity index (χ3v) is 5.31. The Morgan fingerprint density at radius 2 is 1.68 bits per heavy atom. The molecular weight excluding hydrogens is 376 g/mol. The Hall–Kier alpha value is -2.71. The van der Waals surface area contributed by atoms with Crippen molar-refractivity contribution in [2.24, 2.45) is 0 Å². The lowest BCUT2D eigenvalue weighted by Crippen LogP contribution is -2.50. The Bertz CT molecular complexity index is 787. The van der Waals surface area contributed by atoms with Crippen LogP contribution in [0.4, 0.5) is 0 Å². The summed E-state index contributed by atoms with van der Waals surface area (Å²) >= 11 is 1.53. The van der Waals surface area contributed by atoms with Gasteiger partial charge in [-0.05, 0) is 23.6 Å². The monoisotopic (exact) mass is 400 g/mol. The van der Waals surface area contributed by atoms with Gasteiger partial charge >= 0.3 is 0 Å². The van der Waals surface area contributed by atoms with Crippen molar-refractivity contribution in [2.45, 2.75) is 0 Å². The third-order valence-electron chi connectivity index (χ3n) is 4.62. The largest absolute Gasteiger partial charge is 0.353 e. The van der Waals surface area contributed by atoms with Gasteiger partial charge in [0.25, 0.3) is 11.8 Å². The summed E-state index contributed by atoms with van der Waals surface area (Å²) in [5, 5.41) is 9.22. The molecular formula is C20H24N4O3S. The minimum atomic E-state index is -0.262. The van der Waals surface area contributed by atoms with E-state index >= 15 is 0 Å². The van der Waals surface area contributed by atoms with E-state index in [1.54, 1.807) is 24.3 Å². The van der Waals surface area contributed by atoms with E-state index in [1.165, 1.54) is 11.3 Å². The summed E-state index contributed by atoms with van der Waals surface area (Å²) in [6.45, 7) is 4.15. The van der Waals surface area contributed by atoms with Gasteiger partial charge in [-0.25, -0.2) is 0 Å². The molecule has 0 radical (unpaired) electrons. The highest BCUT2D eigenvalue weighted by Gasteiger charge is 2.22. The van der Waals surface area contributed by atoms with Gasteiger partial charge in [0.2, 0.25) is 5.91 Å². The topological polar surface area (TPSA) is 81.8 Å². The first-order valence-electron chi connectivity index (χ1n) is 9.27. The Kier molecular flexibility index (Phi) is 7.16. The van der Waals surface area contributed by atoms with Crippen LogP contribution in [0.25, 0.3) is 0 Å². The zero-order valence-corrected chi connectivity index (χ0v) is 16.4. The molecule has 8 heteroatoms. The predicted molar refractivity (Wildman–Crippen MR) is 108 cm³/mol. The molecule has 1 saturated heterocycles. The van der Waals surface area contributed by atoms with Crippen LogP contribution < -0.4 is 10.6 Å². The highest BCUT2D eigenvalue weighted by molar-refractivity contribution is 7.08. The third kappa shape index (κ3) is 5.64. The van der Waals surface area contributed by atoms with Gasteiger partial charge in [0.15, 0.2) is 0 Å². The van der Waals surface area contributed by atoms with Crippen LogP contribution in [0, 0.1) is 0 Å². The van der Waals surface area contributed by atoms with Crippen LogP contribution in [0.5, 0.6) is 0 Å². The minimum absolute atomic E-state index is 0.0450. The predicted octanol–water partition coefficient (Wildman–Crippen LogP) is 1.05. The number of benzene rings is 1. The number of piperazine rings is 1. The van der Waals surface area contributed by atoms with Crippen LogP contribution in [-0.4, -0.2) is 73.3 Å². The average molecular weight is 401 g/mol. The molecule has 28 heavy (non-hydrogen) atoms. The van der Waals surface area contributed by atoms with Gasteiger partial charge < -0.3 is 15.5 Å². The lowest BCUT2D eigenvalue weighted by Gasteiger charge is -2.34. The lowest BCUT2D eigenvalue weighted by atomic mass is 10.2. The van der Waals surface area contributed by atoms with Crippen LogP contribution in [-0.2, 0) is 4.79 Å². The Labute approximate surface area is 168 Å². The maximum Gasteiger partial charge on any atom is 0.254 e. The van der Waals surface area contributed by atoms with Gasteiger partial charge in [0.1, 0.15) is 0 Å². The number of carbonyl (C=O) groups excluding carboxylic acids is 3. The summed E-state index contributed by atoms with van der Waals surface area (Å²) in [5.74, 6) is -0.388. The average Bonchev–Trinajstić information content (AvgIpc) is 3.27. The summed E-state index contributed by atoms with van der Waals surface area (Å²) < 4.78 is 0. The normalized spacial score (nSPS) is 14.5. The molecule has 3 rings (SSSR count). The van der Waals surface area contributed by atoms with Gasteiger partial charge in [0, 0.05) is 50.2 Å². The molecule has 1 aliphatic rings. The first-order chi connectivity index (χ1) is 13.6. The number of nitrogens with zero attached hydrogens (tertiary/aromatic N) is 2. The molecule has 2 aromatic rings. The molecule has 0 saturated carbocycles. The zero-order valence-electron chi connectivity index (χ0n) is 15.6. The maximum atomic E-state index is 12.3. The molecule has 0 aliphatic carbocycles. The number of hydrogen-bond acceptors (Lipinski definition) is 5. The van der Waals surface area contributed by atoms with E-state index < -0.39 is 0 Å². The van der Waals surface area contributed by atoms with Crippen LogP contribution >= 0.6 is 11.3 Å². The number of carbonyl (C=O) groups is 3. The van der Waals surface area contributed by atoms with E-state index in [-0.39, 0.29) is 24.3 Å². The van der Waals surface area contributed by atoms with E-state index in [9.17, 15) is 14.4 Å². The quantitative estimate of drug-likeness (QED) is 0.728. The molecule has 1 fully saturated rings. The van der Waals surface area contributed by atoms with E-state index in [4.69, 9.17) is 0 Å². The molecule has 2 heterocycles. The van der Waals surface area contributed by atoms with Gasteiger partial charge in [-0.1, -0.05) is 18.2 Å². The molecule has 7 nitrogen and oxygen atoms in total. The van der Waals surface area contributed by atoms with Gasteiger partial charge in [0.05, 0.1) is 12.1 Å². The van der Waals surface area contributed by atoms with Crippen LogP contribution in [0.2, 0.25) is 0 Å². The zero-order chi connectivity index (χ0) is 19.8. The second kappa shape index (κ2) is 10.0. The summed E-state index contributed by atoms with van der Waals surface area (Å²) in [7, 11) is 0. The SMILES string of the molecule is O=C(CNC(=O)c1ccccc1)NCCN1CCN(C(=O)c2ccsc2)CC1. The van der Waals surface area contributed by atoms with Gasteiger partial charge in [-0.2, -0.15) is 11.3 Å². The van der Waals surface area contributed by atoms with Crippen molar-refractivity contribution < 1.29 is 14.4 Å². The number of hydrogen-bond donors (Lipinski definition) is 2. The van der Waals surface area contributed by atoms with E-state index in [0.29, 0.717) is 25.2 Å². The molecule has 148 valence electrons. The van der Waals surface area contributed by atoms with Crippen molar-refractivity contribution in [3.8, 4) is 0 Å². The molecule has 0 bridgehead atoms. The molecule has 2 N–H and O–H groups in total. The molecule has 0 spiro atoms. The van der Waals surface area contributed by atoms with E-state index in [1.807, 2.05) is 27.8 Å². The fraction of sp³-hybridized carbons (Fsp3) is 0.350. The Morgan fingerprint density at radius 3 is 2.36 bits per heavy atom. The lowest BCUT2D eigenvalue weighted by molar-refractivity contribution is -0.120. The van der Waals surface area contributed by atoms with Crippen LogP contribution in [0.1, 0.15) is 20.7 Å². The maximum absolute atomic E-state index is 12.3. The summed E-state index contributed by atoms with van der Waals surface area (Å²) in [4.78, 5) is 40.2. The Balaban J connectivity index is 1.30. The summed E-state index contributed by atoms with van der Waals surface area (Å²) in [6.07, 6.45) is 0. The number of rotatable bonds is 7. The highest BCUT2D eigenvalue weighted by atomic mass is 32.1. The van der Waals surface area contributed by atoms with Crippen molar-refractivity contribution in [1.82, 2.24) is 20.4 Å². The van der Waals surface area contributed by atoms with Crippen molar-refractivity contribution in [2.75, 3.05) is 45.8 Å². The van der Waals surface area contributed by atoms with Gasteiger partial charge in [-0.3, -0.25) is 19.3 Å². The first kappa shape index (κ1) is 20.0. The second-order valence-corrected chi connectivity index (χ2v) is 7.32. The molecule has 1 aliphatic heterocycles. The van der Waals surface area contributed by atoms with Crippen molar-refractivity contribution >= 4 is 29.1 Å². The fourth-order valence-corrected chi connectivity index (χ4v) is 3.64. The van der Waals surface area contributed by atoms with Gasteiger partial charge in [-0.15, -0.1) is 0 Å². The molecule has 1 aromatic heterocycles. The second-order valence-electron chi connectivity index (χ2n) is 6.54. The number of nitrogens with one attached hydrogen (secondary N) is 2. The van der Waals surface area contributed by atoms with E-state index in [2.05, 4.69) is 15.5 Å². The smallest absolute Gasteiger partial charge is 0.254 e. The van der Waals surface area contributed by atoms with Crippen molar-refractivity contribution in [1.29, 1.82) is 0 Å². The molecule has 1 aromatic carbocycles. The number of amides is 3.